The minimum absolute atomic E-state index is 0. The molecule has 21 heteroatoms. The average Bonchev–Trinajstić information content (AvgIpc) is 1.94. The molecule has 0 saturated carbocycles. The fourth-order valence-corrected chi connectivity index (χ4v) is 0. The number of hydrogen-bond acceptors (Lipinski definition) is 5. The molecule has 0 aliphatic rings. The van der Waals surface area contributed by atoms with Gasteiger partial charge >= 0.3 is 66.9 Å². The molecule has 21 heavy (non-hydrogen) atoms. The summed E-state index contributed by atoms with van der Waals surface area (Å²) in [6.45, 7) is 0. The van der Waals surface area contributed by atoms with E-state index in [1.807, 2.05) is 0 Å². The Balaban J connectivity index is -0.0000000661. The van der Waals surface area contributed by atoms with Crippen LogP contribution in [0.1, 0.15) is 1.43 Å². The van der Waals surface area contributed by atoms with Gasteiger partial charge in [0.15, 0.2) is 0 Å². The molecular weight excluding hydrogens is 418 g/mol. The SMILES string of the molecule is O=P(O)(O)P(=O)(O)O.O=P(O)(O)P(=O)(O)O.O=[P+](O)O.[H-].[Na+]. The molecule has 0 radical (unpaired) electrons. The minimum Gasteiger partial charge on any atom is -1.00 e. The van der Waals surface area contributed by atoms with E-state index in [4.69, 9.17) is 53.5 Å². The topological polar surface area (TPSA) is 288 Å². The fourth-order valence-electron chi connectivity index (χ4n) is 0. The fraction of sp³-hybridized carbons (Fsp3) is 0. The van der Waals surface area contributed by atoms with E-state index in [-0.39, 0.29) is 31.0 Å². The molecule has 0 aromatic heterocycles. The molecule has 0 unspecified atom stereocenters. The van der Waals surface area contributed by atoms with Gasteiger partial charge in [0.1, 0.15) is 0 Å². The van der Waals surface area contributed by atoms with Crippen LogP contribution in [0.4, 0.5) is 0 Å². The van der Waals surface area contributed by atoms with E-state index in [2.05, 4.69) is 0 Å². The van der Waals surface area contributed by atoms with Crippen molar-refractivity contribution in [1.82, 2.24) is 0 Å². The molecular formula is H11NaO15P5+. The summed E-state index contributed by atoms with van der Waals surface area (Å²) in [5.74, 6) is 0. The summed E-state index contributed by atoms with van der Waals surface area (Å²) < 4.78 is 47.0. The summed E-state index contributed by atoms with van der Waals surface area (Å²) in [5.41, 5.74) is 0. The molecule has 10 N–H and O–H groups in total. The first kappa shape index (κ1) is 30.5. The largest absolute Gasteiger partial charge is 1.00 e. The van der Waals surface area contributed by atoms with Crippen LogP contribution in [0, 0.1) is 0 Å². The first-order chi connectivity index (χ1) is 8.23. The van der Waals surface area contributed by atoms with Gasteiger partial charge in [0.25, 0.3) is 0 Å². The Kier molecular flexibility index (Phi) is 16.3. The van der Waals surface area contributed by atoms with Gasteiger partial charge in [0.2, 0.25) is 0 Å². The molecule has 0 atom stereocenters. The Hall–Kier alpha value is 1.62. The van der Waals surface area contributed by atoms with Crippen molar-refractivity contribution in [3.8, 4) is 0 Å². The third-order valence-corrected chi connectivity index (χ3v) is 6.11. The van der Waals surface area contributed by atoms with Crippen LogP contribution < -0.4 is 29.6 Å². The van der Waals surface area contributed by atoms with Crippen molar-refractivity contribution < 1.29 is 103 Å². The van der Waals surface area contributed by atoms with Crippen LogP contribution in [0.2, 0.25) is 0 Å². The molecule has 0 amide bonds. The standard InChI is InChI=1S/Na.2H4O6P2.HO3P.H/c;2*1-7(2,3)8(4,5)6;1-4(2)3;/h;2*(H2,1,2,3)(H2,4,5,6);(H-,1,2,3);/q+1;;;;-1/p+1. The van der Waals surface area contributed by atoms with Crippen LogP contribution in [0.25, 0.3) is 0 Å². The van der Waals surface area contributed by atoms with Gasteiger partial charge in [0.05, 0.1) is 0 Å². The van der Waals surface area contributed by atoms with Gasteiger partial charge in [-0.05, 0) is 0 Å². The van der Waals surface area contributed by atoms with Crippen LogP contribution in [0.15, 0.2) is 0 Å². The smallest absolute Gasteiger partial charge is 1.00 e. The molecule has 15 nitrogen and oxygen atoms in total. The number of rotatable bonds is 2. The predicted octanol–water partition coefficient (Wildman–Crippen LogP) is -4.74. The van der Waals surface area contributed by atoms with E-state index >= 15 is 0 Å². The van der Waals surface area contributed by atoms with E-state index in [1.165, 1.54) is 0 Å². The van der Waals surface area contributed by atoms with E-state index < -0.39 is 37.4 Å². The van der Waals surface area contributed by atoms with E-state index in [1.54, 1.807) is 0 Å². The molecule has 0 rings (SSSR count). The summed E-state index contributed by atoms with van der Waals surface area (Å²) >= 11 is 0. The van der Waals surface area contributed by atoms with Gasteiger partial charge in [-0.15, -0.1) is 9.79 Å². The van der Waals surface area contributed by atoms with Gasteiger partial charge in [-0.2, -0.15) is 0 Å². The molecule has 0 heterocycles. The van der Waals surface area contributed by atoms with E-state index in [9.17, 15) is 18.3 Å². The molecule has 126 valence electrons. The van der Waals surface area contributed by atoms with Gasteiger partial charge < -0.3 is 40.6 Å². The van der Waals surface area contributed by atoms with Crippen molar-refractivity contribution >= 4 is 37.4 Å². The van der Waals surface area contributed by atoms with Crippen molar-refractivity contribution in [1.29, 1.82) is 0 Å². The van der Waals surface area contributed by atoms with Crippen LogP contribution in [0.3, 0.4) is 0 Å². The summed E-state index contributed by atoms with van der Waals surface area (Å²) in [7, 11) is -23.6. The summed E-state index contributed by atoms with van der Waals surface area (Å²) in [4.78, 5) is 75.9. The average molecular weight is 429 g/mol. The van der Waals surface area contributed by atoms with Crippen LogP contribution in [-0.2, 0) is 22.8 Å². The first-order valence-electron chi connectivity index (χ1n) is 3.31. The zero-order valence-corrected chi connectivity index (χ0v) is 16.2. The Morgan fingerprint density at radius 2 is 0.619 bits per heavy atom. The summed E-state index contributed by atoms with van der Waals surface area (Å²) in [6.07, 6.45) is 0. The second kappa shape index (κ2) is 11.2. The minimum atomic E-state index is -5.18. The molecule has 0 saturated heterocycles. The maximum atomic E-state index is 9.58. The Labute approximate surface area is 140 Å². The van der Waals surface area contributed by atoms with Crippen LogP contribution in [0.5, 0.6) is 0 Å². The molecule has 0 aromatic carbocycles. The predicted molar refractivity (Wildman–Crippen MR) is 61.3 cm³/mol. The van der Waals surface area contributed by atoms with Gasteiger partial charge in [-0.3, -0.25) is 0 Å². The third kappa shape index (κ3) is 21.6. The first-order valence-corrected chi connectivity index (χ1v) is 12.3. The van der Waals surface area contributed by atoms with Gasteiger partial charge in [-0.1, -0.05) is 0 Å². The molecule has 0 bridgehead atoms. The molecule has 0 spiro atoms. The monoisotopic (exact) mass is 429 g/mol. The van der Waals surface area contributed by atoms with Crippen molar-refractivity contribution in [3.05, 3.63) is 0 Å². The van der Waals surface area contributed by atoms with Crippen LogP contribution >= 0.6 is 37.4 Å². The molecule has 0 aliphatic carbocycles. The Bertz CT molecular complexity index is 400. The van der Waals surface area contributed by atoms with Gasteiger partial charge in [-0.25, -0.2) is 18.3 Å². The second-order valence-electron chi connectivity index (χ2n) is 2.31. The third-order valence-electron chi connectivity index (χ3n) is 0.679. The van der Waals surface area contributed by atoms with Crippen molar-refractivity contribution in [2.24, 2.45) is 0 Å². The zero-order chi connectivity index (χ0) is 17.6. The maximum Gasteiger partial charge on any atom is 1.00 e. The second-order valence-corrected chi connectivity index (χ2v) is 13.2. The maximum absolute atomic E-state index is 9.58. The summed E-state index contributed by atoms with van der Waals surface area (Å²) in [5, 5.41) is 0. The zero-order valence-electron chi connectivity index (χ0n) is 10.7. The Morgan fingerprint density at radius 1 is 0.571 bits per heavy atom. The van der Waals surface area contributed by atoms with Crippen LogP contribution in [-0.4, -0.2) is 48.9 Å². The van der Waals surface area contributed by atoms with Crippen molar-refractivity contribution in [2.75, 3.05) is 0 Å². The quantitative estimate of drug-likeness (QED) is 0.146. The number of hydrogen-bond donors (Lipinski definition) is 10. The Morgan fingerprint density at radius 3 is 0.619 bits per heavy atom. The summed E-state index contributed by atoms with van der Waals surface area (Å²) in [6, 6.07) is 0. The normalized spacial score (nSPS) is 11.9. The van der Waals surface area contributed by atoms with Crippen molar-refractivity contribution in [3.63, 3.8) is 0 Å². The van der Waals surface area contributed by atoms with Gasteiger partial charge in [0, 0.05) is 4.57 Å². The molecule has 0 fully saturated rings. The molecule has 0 aliphatic heterocycles. The van der Waals surface area contributed by atoms with E-state index in [0.29, 0.717) is 0 Å². The van der Waals surface area contributed by atoms with E-state index in [0.717, 1.165) is 0 Å². The molecule has 0 aromatic rings. The van der Waals surface area contributed by atoms with Crippen molar-refractivity contribution in [2.45, 2.75) is 0 Å².